The van der Waals surface area contributed by atoms with Crippen LogP contribution in [0.25, 0.3) is 22.6 Å². The Morgan fingerprint density at radius 1 is 0.792 bits per heavy atom. The Morgan fingerprint density at radius 3 is 2.12 bits per heavy atom. The number of benzene rings is 1. The van der Waals surface area contributed by atoms with Gasteiger partial charge >= 0.3 is 6.18 Å². The third-order valence-electron chi connectivity index (χ3n) is 3.17. The molecule has 0 saturated carbocycles. The summed E-state index contributed by atoms with van der Waals surface area (Å²) in [7, 11) is 0. The van der Waals surface area contributed by atoms with E-state index in [0.29, 0.717) is 16.1 Å². The molecule has 3 aromatic rings. The average molecular weight is 370 g/mol. The highest BCUT2D eigenvalue weighted by Crippen LogP contribution is 2.33. The highest BCUT2D eigenvalue weighted by Gasteiger charge is 2.34. The molecule has 0 atom stereocenters. The number of alkyl halides is 3. The standard InChI is InChI=1S/C16H8Cl2F3N3/c17-11-2-1-10(7-12(11)18)13-8-14(16(19,20)21)24-15(23-13)9-3-5-22-6-4-9/h1-8H. The van der Waals surface area contributed by atoms with Gasteiger partial charge in [-0.05, 0) is 30.3 Å². The lowest BCUT2D eigenvalue weighted by Crippen LogP contribution is -2.10. The number of aromatic nitrogens is 3. The summed E-state index contributed by atoms with van der Waals surface area (Å²) in [6.45, 7) is 0. The molecule has 3 rings (SSSR count). The molecule has 0 bridgehead atoms. The maximum Gasteiger partial charge on any atom is 0.433 e. The molecule has 0 N–H and O–H groups in total. The molecular weight excluding hydrogens is 362 g/mol. The van der Waals surface area contributed by atoms with E-state index < -0.39 is 11.9 Å². The zero-order valence-electron chi connectivity index (χ0n) is 11.9. The molecule has 0 unspecified atom stereocenters. The summed E-state index contributed by atoms with van der Waals surface area (Å²) >= 11 is 11.8. The van der Waals surface area contributed by atoms with Crippen molar-refractivity contribution in [1.29, 1.82) is 0 Å². The molecule has 2 heterocycles. The fraction of sp³-hybridized carbons (Fsp3) is 0.0625. The first-order valence-electron chi connectivity index (χ1n) is 6.67. The summed E-state index contributed by atoms with van der Waals surface area (Å²) in [6, 6.07) is 8.46. The van der Waals surface area contributed by atoms with Gasteiger partial charge in [-0.2, -0.15) is 13.2 Å². The molecule has 0 saturated heterocycles. The Kier molecular flexibility index (Phi) is 4.43. The van der Waals surface area contributed by atoms with Crippen LogP contribution < -0.4 is 0 Å². The number of halogens is 5. The van der Waals surface area contributed by atoms with Gasteiger partial charge in [0, 0.05) is 23.5 Å². The summed E-state index contributed by atoms with van der Waals surface area (Å²) in [5, 5.41) is 0.534. The van der Waals surface area contributed by atoms with E-state index in [4.69, 9.17) is 23.2 Å². The lowest BCUT2D eigenvalue weighted by atomic mass is 10.1. The molecule has 0 aliphatic rings. The first-order chi connectivity index (χ1) is 11.3. The van der Waals surface area contributed by atoms with Gasteiger partial charge < -0.3 is 0 Å². The first kappa shape index (κ1) is 16.7. The monoisotopic (exact) mass is 369 g/mol. The molecule has 8 heteroatoms. The van der Waals surface area contributed by atoms with Gasteiger partial charge in [-0.3, -0.25) is 4.98 Å². The largest absolute Gasteiger partial charge is 0.433 e. The number of nitrogens with zero attached hydrogens (tertiary/aromatic N) is 3. The second-order valence-corrected chi connectivity index (χ2v) is 5.64. The zero-order chi connectivity index (χ0) is 17.3. The second-order valence-electron chi connectivity index (χ2n) is 4.82. The number of hydrogen-bond acceptors (Lipinski definition) is 3. The summed E-state index contributed by atoms with van der Waals surface area (Å²) in [6.07, 6.45) is -1.69. The minimum Gasteiger partial charge on any atom is -0.265 e. The first-order valence-corrected chi connectivity index (χ1v) is 7.42. The molecule has 2 aromatic heterocycles. The van der Waals surface area contributed by atoms with Crippen LogP contribution in [0.4, 0.5) is 13.2 Å². The predicted octanol–water partition coefficient (Wildman–Crippen LogP) is 5.53. The molecule has 0 amide bonds. The summed E-state index contributed by atoms with van der Waals surface area (Å²) in [4.78, 5) is 11.7. The maximum absolute atomic E-state index is 13.2. The summed E-state index contributed by atoms with van der Waals surface area (Å²) in [5.74, 6) is -0.0479. The molecule has 3 nitrogen and oxygen atoms in total. The van der Waals surface area contributed by atoms with E-state index in [1.165, 1.54) is 36.7 Å². The Bertz CT molecular complexity index is 883. The van der Waals surface area contributed by atoms with Gasteiger partial charge in [-0.1, -0.05) is 29.3 Å². The Hall–Kier alpha value is -2.18. The van der Waals surface area contributed by atoms with Crippen molar-refractivity contribution < 1.29 is 13.2 Å². The van der Waals surface area contributed by atoms with E-state index in [0.717, 1.165) is 6.07 Å². The normalized spacial score (nSPS) is 11.5. The number of hydrogen-bond donors (Lipinski definition) is 0. The van der Waals surface area contributed by atoms with E-state index in [-0.39, 0.29) is 16.5 Å². The van der Waals surface area contributed by atoms with Crippen LogP contribution in [-0.4, -0.2) is 15.0 Å². The van der Waals surface area contributed by atoms with E-state index in [1.54, 1.807) is 6.07 Å². The molecule has 0 aliphatic carbocycles. The van der Waals surface area contributed by atoms with Crippen LogP contribution in [0.1, 0.15) is 5.69 Å². The third kappa shape index (κ3) is 3.49. The van der Waals surface area contributed by atoms with Gasteiger partial charge in [0.25, 0.3) is 0 Å². The van der Waals surface area contributed by atoms with Crippen molar-refractivity contribution in [3.8, 4) is 22.6 Å². The minimum atomic E-state index is -4.60. The van der Waals surface area contributed by atoms with Gasteiger partial charge in [-0.25, -0.2) is 9.97 Å². The Balaban J connectivity index is 2.20. The molecule has 1 aromatic carbocycles. The second kappa shape index (κ2) is 6.37. The topological polar surface area (TPSA) is 38.7 Å². The van der Waals surface area contributed by atoms with Gasteiger partial charge in [0.05, 0.1) is 15.7 Å². The summed E-state index contributed by atoms with van der Waals surface area (Å²) < 4.78 is 39.5. The summed E-state index contributed by atoms with van der Waals surface area (Å²) in [5.41, 5.74) is -0.0990. The maximum atomic E-state index is 13.2. The van der Waals surface area contributed by atoms with Gasteiger partial charge in [0.15, 0.2) is 5.82 Å². The Morgan fingerprint density at radius 2 is 1.50 bits per heavy atom. The third-order valence-corrected chi connectivity index (χ3v) is 3.91. The molecule has 24 heavy (non-hydrogen) atoms. The quantitative estimate of drug-likeness (QED) is 0.595. The lowest BCUT2D eigenvalue weighted by Gasteiger charge is -2.11. The fourth-order valence-electron chi connectivity index (χ4n) is 2.03. The van der Waals surface area contributed by atoms with Crippen molar-refractivity contribution in [3.63, 3.8) is 0 Å². The number of rotatable bonds is 2. The number of pyridine rings is 1. The van der Waals surface area contributed by atoms with Gasteiger partial charge in [0.1, 0.15) is 5.69 Å². The molecule has 0 fully saturated rings. The van der Waals surface area contributed by atoms with Crippen LogP contribution in [0.2, 0.25) is 10.0 Å². The highest BCUT2D eigenvalue weighted by molar-refractivity contribution is 6.42. The van der Waals surface area contributed by atoms with Gasteiger partial charge in [0.2, 0.25) is 0 Å². The molecule has 0 spiro atoms. The van der Waals surface area contributed by atoms with Crippen molar-refractivity contribution in [3.05, 3.63) is 64.5 Å². The van der Waals surface area contributed by atoms with Crippen LogP contribution in [0.5, 0.6) is 0 Å². The Labute approximate surface area is 145 Å². The van der Waals surface area contributed by atoms with Crippen LogP contribution in [-0.2, 0) is 6.18 Å². The van der Waals surface area contributed by atoms with E-state index >= 15 is 0 Å². The zero-order valence-corrected chi connectivity index (χ0v) is 13.4. The molecule has 0 radical (unpaired) electrons. The van der Waals surface area contributed by atoms with E-state index in [2.05, 4.69) is 15.0 Å². The van der Waals surface area contributed by atoms with Gasteiger partial charge in [-0.15, -0.1) is 0 Å². The van der Waals surface area contributed by atoms with Crippen molar-refractivity contribution in [2.24, 2.45) is 0 Å². The van der Waals surface area contributed by atoms with Crippen molar-refractivity contribution in [1.82, 2.24) is 15.0 Å². The fourth-order valence-corrected chi connectivity index (χ4v) is 2.32. The smallest absolute Gasteiger partial charge is 0.265 e. The predicted molar refractivity (Wildman–Crippen MR) is 85.7 cm³/mol. The lowest BCUT2D eigenvalue weighted by molar-refractivity contribution is -0.141. The van der Waals surface area contributed by atoms with Crippen molar-refractivity contribution >= 4 is 23.2 Å². The van der Waals surface area contributed by atoms with Crippen LogP contribution >= 0.6 is 23.2 Å². The SMILES string of the molecule is FC(F)(F)c1cc(-c2ccc(Cl)c(Cl)c2)nc(-c2ccncc2)n1. The van der Waals surface area contributed by atoms with Crippen molar-refractivity contribution in [2.45, 2.75) is 6.18 Å². The molecule has 122 valence electrons. The van der Waals surface area contributed by atoms with Crippen LogP contribution in [0, 0.1) is 0 Å². The molecule has 0 aliphatic heterocycles. The van der Waals surface area contributed by atoms with Crippen molar-refractivity contribution in [2.75, 3.05) is 0 Å². The van der Waals surface area contributed by atoms with E-state index in [9.17, 15) is 13.2 Å². The van der Waals surface area contributed by atoms with E-state index in [1.807, 2.05) is 0 Å². The highest BCUT2D eigenvalue weighted by atomic mass is 35.5. The average Bonchev–Trinajstić information content (AvgIpc) is 2.57. The van der Waals surface area contributed by atoms with Crippen LogP contribution in [0.3, 0.4) is 0 Å². The van der Waals surface area contributed by atoms with Crippen LogP contribution in [0.15, 0.2) is 48.8 Å². The minimum absolute atomic E-state index is 0.0479. The molecular formula is C16H8Cl2F3N3.